The maximum Gasteiger partial charge on any atom is 0.238 e. The van der Waals surface area contributed by atoms with Crippen molar-refractivity contribution in [1.29, 1.82) is 0 Å². The summed E-state index contributed by atoms with van der Waals surface area (Å²) in [5.41, 5.74) is 2.68. The quantitative estimate of drug-likeness (QED) is 0.752. The third-order valence-corrected chi connectivity index (χ3v) is 4.84. The number of nitrogens with zero attached hydrogens (tertiary/aromatic N) is 1. The van der Waals surface area contributed by atoms with Crippen molar-refractivity contribution in [3.63, 3.8) is 0 Å². The van der Waals surface area contributed by atoms with Gasteiger partial charge < -0.3 is 4.52 Å². The Hall–Kier alpha value is -2.44. The minimum absolute atomic E-state index is 0.0698. The van der Waals surface area contributed by atoms with Crippen LogP contribution in [0.1, 0.15) is 19.6 Å². The van der Waals surface area contributed by atoms with E-state index < -0.39 is 10.0 Å². The van der Waals surface area contributed by atoms with Gasteiger partial charge in [-0.05, 0) is 12.0 Å². The zero-order chi connectivity index (χ0) is 18.0. The van der Waals surface area contributed by atoms with Crippen LogP contribution in [0.15, 0.2) is 64.0 Å². The van der Waals surface area contributed by atoms with Crippen LogP contribution in [0.25, 0.3) is 22.4 Å². The summed E-state index contributed by atoms with van der Waals surface area (Å²) in [6.07, 6.45) is 0.647. The van der Waals surface area contributed by atoms with Gasteiger partial charge in [0.05, 0.1) is 10.5 Å². The molecule has 0 unspecified atom stereocenters. The van der Waals surface area contributed by atoms with Crippen molar-refractivity contribution in [2.45, 2.75) is 25.2 Å². The minimum Gasteiger partial charge on any atom is -0.360 e. The van der Waals surface area contributed by atoms with Crippen molar-refractivity contribution in [3.8, 4) is 22.4 Å². The predicted molar refractivity (Wildman–Crippen MR) is 97.3 cm³/mol. The maximum absolute atomic E-state index is 12.1. The summed E-state index contributed by atoms with van der Waals surface area (Å²) in [6.45, 7) is 4.14. The molecule has 0 saturated heterocycles. The molecule has 5 nitrogen and oxygen atoms in total. The predicted octanol–water partition coefficient (Wildman–Crippen LogP) is 3.85. The molecule has 25 heavy (non-hydrogen) atoms. The van der Waals surface area contributed by atoms with Crippen LogP contribution >= 0.6 is 0 Å². The fourth-order valence-corrected chi connectivity index (χ4v) is 3.57. The third kappa shape index (κ3) is 3.65. The fourth-order valence-electron chi connectivity index (χ4n) is 2.83. The van der Waals surface area contributed by atoms with Crippen LogP contribution < -0.4 is 5.14 Å². The monoisotopic (exact) mass is 356 g/mol. The van der Waals surface area contributed by atoms with E-state index in [0.29, 0.717) is 34.9 Å². The van der Waals surface area contributed by atoms with Crippen LogP contribution in [0.2, 0.25) is 0 Å². The molecule has 130 valence electrons. The Kier molecular flexibility index (Phi) is 4.74. The molecule has 0 radical (unpaired) electrons. The fraction of sp³-hybridized carbons (Fsp3) is 0.211. The van der Waals surface area contributed by atoms with E-state index in [9.17, 15) is 8.42 Å². The smallest absolute Gasteiger partial charge is 0.238 e. The number of primary sulfonamides is 1. The van der Waals surface area contributed by atoms with Gasteiger partial charge in [-0.2, -0.15) is 0 Å². The molecule has 6 heteroatoms. The lowest BCUT2D eigenvalue weighted by atomic mass is 9.96. The second-order valence-electron chi connectivity index (χ2n) is 6.33. The summed E-state index contributed by atoms with van der Waals surface area (Å²) >= 11 is 0. The van der Waals surface area contributed by atoms with E-state index in [4.69, 9.17) is 9.66 Å². The van der Waals surface area contributed by atoms with E-state index in [0.717, 1.165) is 5.56 Å². The van der Waals surface area contributed by atoms with E-state index in [2.05, 4.69) is 19.0 Å². The molecule has 2 N–H and O–H groups in total. The second-order valence-corrected chi connectivity index (χ2v) is 7.86. The molecular weight excluding hydrogens is 336 g/mol. The zero-order valence-electron chi connectivity index (χ0n) is 14.1. The molecule has 0 fully saturated rings. The highest BCUT2D eigenvalue weighted by Crippen LogP contribution is 2.38. The Morgan fingerprint density at radius 1 is 1.04 bits per heavy atom. The van der Waals surface area contributed by atoms with Crippen LogP contribution in [0.4, 0.5) is 0 Å². The molecule has 0 spiro atoms. The SMILES string of the molecule is CC(C)Cc1onc(-c2ccccc2)c1-c1ccccc1S(N)(=O)=O. The van der Waals surface area contributed by atoms with Gasteiger partial charge in [-0.25, -0.2) is 13.6 Å². The second kappa shape index (κ2) is 6.82. The Morgan fingerprint density at radius 2 is 1.68 bits per heavy atom. The van der Waals surface area contributed by atoms with Gasteiger partial charge >= 0.3 is 0 Å². The normalized spacial score (nSPS) is 11.8. The summed E-state index contributed by atoms with van der Waals surface area (Å²) in [4.78, 5) is 0.0698. The molecule has 3 rings (SSSR count). The molecule has 0 aliphatic heterocycles. The van der Waals surface area contributed by atoms with Crippen LogP contribution in [0.5, 0.6) is 0 Å². The van der Waals surface area contributed by atoms with Crippen LogP contribution in [-0.2, 0) is 16.4 Å². The van der Waals surface area contributed by atoms with Crippen molar-refractivity contribution < 1.29 is 12.9 Å². The van der Waals surface area contributed by atoms with Gasteiger partial charge in [0.15, 0.2) is 0 Å². The standard InChI is InChI=1S/C19H20N2O3S/c1-13(2)12-16-18(15-10-6-7-11-17(15)25(20,22)23)19(21-24-16)14-8-4-3-5-9-14/h3-11,13H,12H2,1-2H3,(H2,20,22,23). The lowest BCUT2D eigenvalue weighted by molar-refractivity contribution is 0.371. The minimum atomic E-state index is -3.87. The van der Waals surface area contributed by atoms with Crippen molar-refractivity contribution in [2.24, 2.45) is 11.1 Å². The Bertz CT molecular complexity index is 977. The summed E-state index contributed by atoms with van der Waals surface area (Å²) in [5, 5.41) is 9.65. The van der Waals surface area contributed by atoms with Gasteiger partial charge in [-0.3, -0.25) is 0 Å². The van der Waals surface area contributed by atoms with E-state index in [1.54, 1.807) is 18.2 Å². The number of rotatable bonds is 5. The highest BCUT2D eigenvalue weighted by atomic mass is 32.2. The molecule has 1 heterocycles. The topological polar surface area (TPSA) is 86.2 Å². The number of nitrogens with two attached hydrogens (primary N) is 1. The Balaban J connectivity index is 2.30. The van der Waals surface area contributed by atoms with Gasteiger partial charge in [0.25, 0.3) is 0 Å². The molecule has 0 aliphatic rings. The molecule has 3 aromatic rings. The van der Waals surface area contributed by atoms with Crippen molar-refractivity contribution in [3.05, 3.63) is 60.4 Å². The van der Waals surface area contributed by atoms with Crippen molar-refractivity contribution in [2.75, 3.05) is 0 Å². The van der Waals surface area contributed by atoms with Gasteiger partial charge in [0, 0.05) is 17.5 Å². The molecule has 0 aliphatic carbocycles. The Labute approximate surface area is 147 Å². The average molecular weight is 356 g/mol. The highest BCUT2D eigenvalue weighted by Gasteiger charge is 2.24. The number of hydrogen-bond donors (Lipinski definition) is 1. The largest absolute Gasteiger partial charge is 0.360 e. The third-order valence-electron chi connectivity index (χ3n) is 3.87. The first kappa shape index (κ1) is 17.4. The van der Waals surface area contributed by atoms with E-state index in [1.807, 2.05) is 30.3 Å². The average Bonchev–Trinajstić information content (AvgIpc) is 2.97. The van der Waals surface area contributed by atoms with Crippen molar-refractivity contribution >= 4 is 10.0 Å². The lowest BCUT2D eigenvalue weighted by Gasteiger charge is -2.10. The summed E-state index contributed by atoms with van der Waals surface area (Å²) in [6, 6.07) is 16.2. The van der Waals surface area contributed by atoms with Crippen LogP contribution in [0, 0.1) is 5.92 Å². The maximum atomic E-state index is 12.1. The first-order valence-corrected chi connectivity index (χ1v) is 9.58. The molecular formula is C19H20N2O3S. The number of hydrogen-bond acceptors (Lipinski definition) is 4. The van der Waals surface area contributed by atoms with Gasteiger partial charge in [-0.15, -0.1) is 0 Å². The van der Waals surface area contributed by atoms with Gasteiger partial charge in [-0.1, -0.05) is 67.5 Å². The number of benzene rings is 2. The van der Waals surface area contributed by atoms with Crippen LogP contribution in [-0.4, -0.2) is 13.6 Å². The van der Waals surface area contributed by atoms with Crippen LogP contribution in [0.3, 0.4) is 0 Å². The molecule has 0 atom stereocenters. The number of aromatic nitrogens is 1. The molecule has 0 bridgehead atoms. The zero-order valence-corrected chi connectivity index (χ0v) is 15.0. The van der Waals surface area contributed by atoms with Gasteiger partial charge in [0.1, 0.15) is 11.5 Å². The molecule has 0 saturated carbocycles. The first-order valence-electron chi connectivity index (χ1n) is 8.04. The molecule has 2 aromatic carbocycles. The number of sulfonamides is 1. The van der Waals surface area contributed by atoms with E-state index in [1.165, 1.54) is 6.07 Å². The summed E-state index contributed by atoms with van der Waals surface area (Å²) in [5.74, 6) is 0.988. The van der Waals surface area contributed by atoms with E-state index >= 15 is 0 Å². The molecule has 0 amide bonds. The Morgan fingerprint density at radius 3 is 2.32 bits per heavy atom. The summed E-state index contributed by atoms with van der Waals surface area (Å²) in [7, 11) is -3.87. The van der Waals surface area contributed by atoms with E-state index in [-0.39, 0.29) is 4.90 Å². The molecule has 1 aromatic heterocycles. The van der Waals surface area contributed by atoms with Crippen molar-refractivity contribution in [1.82, 2.24) is 5.16 Å². The lowest BCUT2D eigenvalue weighted by Crippen LogP contribution is -2.13. The van der Waals surface area contributed by atoms with Gasteiger partial charge in [0.2, 0.25) is 10.0 Å². The first-order chi connectivity index (χ1) is 11.9. The highest BCUT2D eigenvalue weighted by molar-refractivity contribution is 7.89. The summed E-state index contributed by atoms with van der Waals surface area (Å²) < 4.78 is 29.7.